The maximum atomic E-state index is 6.13. The maximum Gasteiger partial charge on any atom is 0.336 e. The summed E-state index contributed by atoms with van der Waals surface area (Å²) < 4.78 is 6.59. The minimum atomic E-state index is 0.254. The van der Waals surface area contributed by atoms with E-state index in [0.717, 1.165) is 5.56 Å². The van der Waals surface area contributed by atoms with Crippen LogP contribution in [0.1, 0.15) is 5.56 Å². The Hall–Kier alpha value is -3.29. The molecular formula is C16H17Cl2N11OS. The van der Waals surface area contributed by atoms with Crippen LogP contribution in [0.3, 0.4) is 0 Å². The van der Waals surface area contributed by atoms with Crippen LogP contribution in [0.15, 0.2) is 36.0 Å². The Balaban J connectivity index is 0.000000176. The number of benzene rings is 1. The zero-order chi connectivity index (χ0) is 22.4. The Morgan fingerprint density at radius 3 is 2.48 bits per heavy atom. The van der Waals surface area contributed by atoms with Gasteiger partial charge in [0, 0.05) is 6.07 Å². The molecule has 0 saturated carbocycles. The van der Waals surface area contributed by atoms with Gasteiger partial charge in [0.25, 0.3) is 0 Å². The van der Waals surface area contributed by atoms with Crippen molar-refractivity contribution >= 4 is 52.5 Å². The number of nitrogens with one attached hydrogen (secondary N) is 1. The molecular weight excluding hydrogens is 465 g/mol. The van der Waals surface area contributed by atoms with Crippen molar-refractivity contribution in [3.63, 3.8) is 0 Å². The first-order valence-electron chi connectivity index (χ1n) is 8.47. The molecule has 31 heavy (non-hydrogen) atoms. The van der Waals surface area contributed by atoms with E-state index in [1.54, 1.807) is 6.07 Å². The molecule has 4 rings (SSSR count). The van der Waals surface area contributed by atoms with Crippen molar-refractivity contribution in [3.05, 3.63) is 46.5 Å². The highest BCUT2D eigenvalue weighted by atomic mass is 35.5. The van der Waals surface area contributed by atoms with E-state index in [1.165, 1.54) is 35.2 Å². The molecule has 0 atom stereocenters. The summed E-state index contributed by atoms with van der Waals surface area (Å²) in [5, 5.41) is 11.7. The number of aromatic amines is 1. The predicted molar refractivity (Wildman–Crippen MR) is 119 cm³/mol. The Kier molecular flexibility index (Phi) is 7.33. The van der Waals surface area contributed by atoms with E-state index in [4.69, 9.17) is 45.1 Å². The number of thioether (sulfide) groups is 1. The molecule has 7 N–H and O–H groups in total. The smallest absolute Gasteiger partial charge is 0.336 e. The molecule has 0 aliphatic rings. The zero-order valence-corrected chi connectivity index (χ0v) is 18.4. The summed E-state index contributed by atoms with van der Waals surface area (Å²) in [6, 6.07) is 5.34. The molecule has 0 bridgehead atoms. The van der Waals surface area contributed by atoms with Gasteiger partial charge in [-0.05, 0) is 30.3 Å². The van der Waals surface area contributed by atoms with Crippen LogP contribution in [0.5, 0.6) is 6.01 Å². The molecule has 4 aromatic rings. The number of anilines is 3. The van der Waals surface area contributed by atoms with Crippen molar-refractivity contribution in [1.29, 1.82) is 0 Å². The van der Waals surface area contributed by atoms with Gasteiger partial charge in [0.05, 0.1) is 10.0 Å². The van der Waals surface area contributed by atoms with Gasteiger partial charge in [-0.15, -0.1) is 5.10 Å². The summed E-state index contributed by atoms with van der Waals surface area (Å²) in [6.45, 7) is 1.88. The largest absolute Gasteiger partial charge is 0.451 e. The molecule has 0 aliphatic heterocycles. The van der Waals surface area contributed by atoms with Gasteiger partial charge in [-0.1, -0.05) is 29.3 Å². The second-order valence-corrected chi connectivity index (χ2v) is 7.42. The molecule has 3 heterocycles. The van der Waals surface area contributed by atoms with Gasteiger partial charge in [-0.25, -0.2) is 9.97 Å². The Bertz CT molecular complexity index is 1130. The van der Waals surface area contributed by atoms with Gasteiger partial charge in [0.15, 0.2) is 5.16 Å². The fraction of sp³-hybridized carbons (Fsp3) is 0.125. The van der Waals surface area contributed by atoms with E-state index < -0.39 is 0 Å². The number of H-pyrrole nitrogens is 1. The van der Waals surface area contributed by atoms with E-state index in [0.29, 0.717) is 32.5 Å². The number of aromatic nitrogens is 8. The summed E-state index contributed by atoms with van der Waals surface area (Å²) in [5.74, 6) is 1.19. The number of halogens is 2. The highest BCUT2D eigenvalue weighted by Crippen LogP contribution is 2.31. The molecule has 1 aromatic carbocycles. The quantitative estimate of drug-likeness (QED) is 0.186. The lowest BCUT2D eigenvalue weighted by Crippen LogP contribution is -2.04. The lowest BCUT2D eigenvalue weighted by atomic mass is 10.2. The molecule has 3 aromatic heterocycles. The van der Waals surface area contributed by atoms with Gasteiger partial charge in [-0.3, -0.25) is 5.10 Å². The van der Waals surface area contributed by atoms with Gasteiger partial charge < -0.3 is 21.9 Å². The first-order valence-corrected chi connectivity index (χ1v) is 10.2. The second kappa shape index (κ2) is 10.1. The van der Waals surface area contributed by atoms with E-state index in [2.05, 4.69) is 35.2 Å². The summed E-state index contributed by atoms with van der Waals surface area (Å²) in [4.78, 5) is 15.6. The fourth-order valence-corrected chi connectivity index (χ4v) is 3.33. The Labute approximate surface area is 190 Å². The first-order chi connectivity index (χ1) is 14.8. The molecule has 0 amide bonds. The highest BCUT2D eigenvalue weighted by Gasteiger charge is 2.13. The van der Waals surface area contributed by atoms with Crippen LogP contribution in [0, 0.1) is 6.92 Å². The Morgan fingerprint density at radius 2 is 1.87 bits per heavy atom. The van der Waals surface area contributed by atoms with Crippen LogP contribution in [-0.4, -0.2) is 45.9 Å². The molecule has 0 fully saturated rings. The van der Waals surface area contributed by atoms with Crippen LogP contribution in [0.25, 0.3) is 5.69 Å². The number of aryl methyl sites for hydroxylation is 1. The lowest BCUT2D eigenvalue weighted by Gasteiger charge is -2.09. The third-order valence-electron chi connectivity index (χ3n) is 3.56. The number of hydrogen-bond donors (Lipinski definition) is 4. The average Bonchev–Trinajstić information content (AvgIpc) is 3.37. The lowest BCUT2D eigenvalue weighted by molar-refractivity contribution is 0.361. The molecule has 162 valence electrons. The molecule has 0 aliphatic carbocycles. The summed E-state index contributed by atoms with van der Waals surface area (Å²) >= 11 is 13.4. The number of nitrogen functional groups attached to an aromatic ring is 3. The van der Waals surface area contributed by atoms with Crippen molar-refractivity contribution in [2.45, 2.75) is 12.1 Å². The number of nitrogens with two attached hydrogens (primary N) is 3. The molecule has 0 spiro atoms. The first kappa shape index (κ1) is 22.4. The molecule has 0 unspecified atom stereocenters. The normalized spacial score (nSPS) is 10.4. The van der Waals surface area contributed by atoms with Crippen LogP contribution in [-0.2, 0) is 0 Å². The van der Waals surface area contributed by atoms with E-state index in [9.17, 15) is 0 Å². The standard InChI is InChI=1S/C9H8Cl2N4.C7H9N7OS/c1-5-2-3-6(10)8(7(5)11)15-9(12)13-4-14-15;8-4-1-5(9)13-7(12-4)16-3-15-6-10-2-11-14-6/h2-4H,1H3,(H2,12,13,14);1-2H,3H2,(H,10,11,14)(H4,8,9,12,13). The topological polar surface area (TPSA) is 185 Å². The second-order valence-electron chi connectivity index (χ2n) is 5.75. The van der Waals surface area contributed by atoms with Crippen LogP contribution in [0.4, 0.5) is 17.6 Å². The van der Waals surface area contributed by atoms with Crippen LogP contribution >= 0.6 is 35.0 Å². The van der Waals surface area contributed by atoms with E-state index >= 15 is 0 Å². The number of nitrogens with zero attached hydrogens (tertiary/aromatic N) is 7. The van der Waals surface area contributed by atoms with Gasteiger partial charge in [0.2, 0.25) is 5.95 Å². The van der Waals surface area contributed by atoms with Crippen molar-refractivity contribution < 1.29 is 4.74 Å². The number of ether oxygens (including phenoxy) is 1. The van der Waals surface area contributed by atoms with Crippen molar-refractivity contribution in [3.8, 4) is 11.7 Å². The minimum absolute atomic E-state index is 0.254. The highest BCUT2D eigenvalue weighted by molar-refractivity contribution is 7.99. The van der Waals surface area contributed by atoms with Crippen molar-refractivity contribution in [1.82, 2.24) is 39.9 Å². The van der Waals surface area contributed by atoms with Crippen LogP contribution in [0.2, 0.25) is 10.0 Å². The number of rotatable bonds is 5. The van der Waals surface area contributed by atoms with E-state index in [1.807, 2.05) is 13.0 Å². The van der Waals surface area contributed by atoms with Gasteiger partial charge in [-0.2, -0.15) is 19.7 Å². The zero-order valence-electron chi connectivity index (χ0n) is 16.0. The molecule has 15 heteroatoms. The van der Waals surface area contributed by atoms with Crippen molar-refractivity contribution in [2.75, 3.05) is 23.1 Å². The third kappa shape index (κ3) is 5.87. The fourth-order valence-electron chi connectivity index (χ4n) is 2.19. The molecule has 0 saturated heterocycles. The molecule has 0 radical (unpaired) electrons. The van der Waals surface area contributed by atoms with Crippen molar-refractivity contribution in [2.24, 2.45) is 0 Å². The third-order valence-corrected chi connectivity index (χ3v) is 5.02. The predicted octanol–water partition coefficient (Wildman–Crippen LogP) is 2.35. The summed E-state index contributed by atoms with van der Waals surface area (Å²) in [5.41, 5.74) is 18.1. The number of hydrogen-bond acceptors (Lipinski definition) is 11. The monoisotopic (exact) mass is 481 g/mol. The summed E-state index contributed by atoms with van der Waals surface area (Å²) in [7, 11) is 0. The van der Waals surface area contributed by atoms with Gasteiger partial charge in [0.1, 0.15) is 35.9 Å². The summed E-state index contributed by atoms with van der Waals surface area (Å²) in [6.07, 6.45) is 2.78. The van der Waals surface area contributed by atoms with Gasteiger partial charge >= 0.3 is 6.01 Å². The average molecular weight is 482 g/mol. The SMILES string of the molecule is Cc1ccc(Cl)c(-n2ncnc2N)c1Cl.Nc1cc(N)nc(SCOc2nc[nH]n2)n1. The van der Waals surface area contributed by atoms with Crippen LogP contribution < -0.4 is 21.9 Å². The minimum Gasteiger partial charge on any atom is -0.451 e. The molecule has 12 nitrogen and oxygen atoms in total. The maximum absolute atomic E-state index is 6.13. The van der Waals surface area contributed by atoms with E-state index in [-0.39, 0.29) is 17.9 Å². The Morgan fingerprint density at radius 1 is 1.13 bits per heavy atom.